The van der Waals surface area contributed by atoms with Crippen LogP contribution in [-0.4, -0.2) is 34.0 Å². The lowest BCUT2D eigenvalue weighted by atomic mass is 9.99. The molecule has 4 nitrogen and oxygen atoms in total. The van der Waals surface area contributed by atoms with Crippen molar-refractivity contribution in [1.29, 1.82) is 0 Å². The summed E-state index contributed by atoms with van der Waals surface area (Å²) in [6.45, 7) is 13.8. The van der Waals surface area contributed by atoms with Crippen LogP contribution in [-0.2, 0) is 0 Å². The van der Waals surface area contributed by atoms with Gasteiger partial charge in [0.1, 0.15) is 0 Å². The van der Waals surface area contributed by atoms with Gasteiger partial charge in [0, 0.05) is 25.5 Å². The molecule has 1 aromatic rings. The Bertz CT molecular complexity index is 474. The van der Waals surface area contributed by atoms with E-state index in [0.717, 1.165) is 13.1 Å². The van der Waals surface area contributed by atoms with E-state index in [1.54, 1.807) is 18.5 Å². The van der Waals surface area contributed by atoms with Crippen molar-refractivity contribution in [3.05, 3.63) is 29.6 Å². The van der Waals surface area contributed by atoms with Gasteiger partial charge >= 0.3 is 0 Å². The molecular formula is C18H30N2O2. The number of carbonyl (C=O) groups is 1. The second-order valence-electron chi connectivity index (χ2n) is 7.19. The van der Waals surface area contributed by atoms with Crippen molar-refractivity contribution in [3.63, 3.8) is 0 Å². The zero-order chi connectivity index (χ0) is 16.9. The highest BCUT2D eigenvalue weighted by Crippen LogP contribution is 2.22. The first-order valence-corrected chi connectivity index (χ1v) is 8.14. The van der Waals surface area contributed by atoms with Crippen LogP contribution in [0.2, 0.25) is 0 Å². The minimum atomic E-state index is -0.594. The summed E-state index contributed by atoms with van der Waals surface area (Å²) in [7, 11) is 0. The van der Waals surface area contributed by atoms with Crippen LogP contribution in [0, 0.1) is 17.8 Å². The lowest BCUT2D eigenvalue weighted by Crippen LogP contribution is -2.37. The Morgan fingerprint density at radius 2 is 1.64 bits per heavy atom. The molecule has 1 aromatic heterocycles. The molecule has 0 saturated carbocycles. The monoisotopic (exact) mass is 306 g/mol. The summed E-state index contributed by atoms with van der Waals surface area (Å²) in [5, 5.41) is 10.2. The molecule has 0 aromatic carbocycles. The Kier molecular flexibility index (Phi) is 7.01. The van der Waals surface area contributed by atoms with E-state index >= 15 is 0 Å². The number of aliphatic hydroxyl groups is 1. The van der Waals surface area contributed by atoms with Crippen molar-refractivity contribution < 1.29 is 9.90 Å². The molecule has 0 unspecified atom stereocenters. The number of aromatic nitrogens is 1. The van der Waals surface area contributed by atoms with Gasteiger partial charge in [0.15, 0.2) is 0 Å². The highest BCUT2D eigenvalue weighted by atomic mass is 16.3. The Morgan fingerprint density at radius 1 is 1.09 bits per heavy atom. The van der Waals surface area contributed by atoms with Crippen molar-refractivity contribution in [1.82, 2.24) is 9.88 Å². The van der Waals surface area contributed by atoms with Crippen molar-refractivity contribution in [3.8, 4) is 0 Å². The third-order valence-electron chi connectivity index (χ3n) is 3.44. The van der Waals surface area contributed by atoms with Gasteiger partial charge in [0.2, 0.25) is 0 Å². The SMILES string of the molecule is CC(C)CN(CC(C)C)C(=O)c1cncc([C@@H](O)C(C)C)c1. The van der Waals surface area contributed by atoms with Crippen LogP contribution >= 0.6 is 0 Å². The molecule has 0 aliphatic heterocycles. The second-order valence-corrected chi connectivity index (χ2v) is 7.19. The molecule has 0 radical (unpaired) electrons. The summed E-state index contributed by atoms with van der Waals surface area (Å²) in [5.41, 5.74) is 1.26. The molecule has 0 saturated heterocycles. The van der Waals surface area contributed by atoms with E-state index in [0.29, 0.717) is 23.0 Å². The molecule has 22 heavy (non-hydrogen) atoms. The summed E-state index contributed by atoms with van der Waals surface area (Å²) in [5.74, 6) is 0.919. The predicted molar refractivity (Wildman–Crippen MR) is 89.6 cm³/mol. The number of nitrogens with zero attached hydrogens (tertiary/aromatic N) is 2. The van der Waals surface area contributed by atoms with E-state index in [-0.39, 0.29) is 11.8 Å². The van der Waals surface area contributed by atoms with Gasteiger partial charge in [-0.1, -0.05) is 41.5 Å². The molecule has 1 atom stereocenters. The van der Waals surface area contributed by atoms with E-state index in [9.17, 15) is 9.90 Å². The van der Waals surface area contributed by atoms with E-state index in [2.05, 4.69) is 32.7 Å². The average molecular weight is 306 g/mol. The highest BCUT2D eigenvalue weighted by Gasteiger charge is 2.20. The molecule has 124 valence electrons. The van der Waals surface area contributed by atoms with E-state index in [1.807, 2.05) is 18.7 Å². The van der Waals surface area contributed by atoms with Gasteiger partial charge < -0.3 is 10.0 Å². The summed E-state index contributed by atoms with van der Waals surface area (Å²) in [6, 6.07) is 1.77. The van der Waals surface area contributed by atoms with Gasteiger partial charge in [0.05, 0.1) is 11.7 Å². The van der Waals surface area contributed by atoms with Crippen LogP contribution in [0.5, 0.6) is 0 Å². The van der Waals surface area contributed by atoms with Crippen molar-refractivity contribution in [2.24, 2.45) is 17.8 Å². The minimum Gasteiger partial charge on any atom is -0.388 e. The maximum Gasteiger partial charge on any atom is 0.255 e. The minimum absolute atomic E-state index is 0.00675. The van der Waals surface area contributed by atoms with Gasteiger partial charge in [-0.15, -0.1) is 0 Å². The number of hydrogen-bond donors (Lipinski definition) is 1. The van der Waals surface area contributed by atoms with Gasteiger partial charge in [-0.3, -0.25) is 9.78 Å². The van der Waals surface area contributed by atoms with Crippen LogP contribution in [0.4, 0.5) is 0 Å². The fourth-order valence-corrected chi connectivity index (χ4v) is 2.43. The highest BCUT2D eigenvalue weighted by molar-refractivity contribution is 5.94. The first-order chi connectivity index (χ1) is 10.2. The van der Waals surface area contributed by atoms with Crippen molar-refractivity contribution in [2.75, 3.05) is 13.1 Å². The first kappa shape index (κ1) is 18.6. The maximum atomic E-state index is 12.8. The normalized spacial score (nSPS) is 13.0. The molecule has 0 aliphatic carbocycles. The summed E-state index contributed by atoms with van der Waals surface area (Å²) >= 11 is 0. The van der Waals surface area contributed by atoms with Crippen LogP contribution in [0.15, 0.2) is 18.5 Å². The predicted octanol–water partition coefficient (Wildman–Crippen LogP) is 3.53. The smallest absolute Gasteiger partial charge is 0.255 e. The van der Waals surface area contributed by atoms with Crippen LogP contribution in [0.3, 0.4) is 0 Å². The number of hydrogen-bond acceptors (Lipinski definition) is 3. The molecule has 1 rings (SSSR count). The van der Waals surface area contributed by atoms with Gasteiger partial charge in [-0.05, 0) is 29.4 Å². The zero-order valence-electron chi connectivity index (χ0n) is 14.7. The van der Waals surface area contributed by atoms with E-state index in [1.165, 1.54) is 0 Å². The summed E-state index contributed by atoms with van der Waals surface area (Å²) in [6.07, 6.45) is 2.63. The molecule has 4 heteroatoms. The van der Waals surface area contributed by atoms with E-state index in [4.69, 9.17) is 0 Å². The topological polar surface area (TPSA) is 53.4 Å². The van der Waals surface area contributed by atoms with Gasteiger partial charge in [-0.2, -0.15) is 0 Å². The van der Waals surface area contributed by atoms with Crippen molar-refractivity contribution >= 4 is 5.91 Å². The average Bonchev–Trinajstić information content (AvgIpc) is 2.44. The molecule has 0 aliphatic rings. The fourth-order valence-electron chi connectivity index (χ4n) is 2.43. The van der Waals surface area contributed by atoms with Gasteiger partial charge in [0.25, 0.3) is 5.91 Å². The largest absolute Gasteiger partial charge is 0.388 e. The second kappa shape index (κ2) is 8.28. The Labute approximate surface area is 134 Å². The number of pyridine rings is 1. The number of amides is 1. The number of aliphatic hydroxyl groups excluding tert-OH is 1. The number of rotatable bonds is 7. The molecule has 1 heterocycles. The molecule has 0 fully saturated rings. The zero-order valence-corrected chi connectivity index (χ0v) is 14.7. The maximum absolute atomic E-state index is 12.8. The van der Waals surface area contributed by atoms with Gasteiger partial charge in [-0.25, -0.2) is 0 Å². The standard InChI is InChI=1S/C18H30N2O2/c1-12(2)10-20(11-13(3)4)18(22)16-7-15(8-19-9-16)17(21)14(5)6/h7-9,12-14,17,21H,10-11H2,1-6H3/t17-/m0/s1. The summed E-state index contributed by atoms with van der Waals surface area (Å²) in [4.78, 5) is 18.8. The summed E-state index contributed by atoms with van der Waals surface area (Å²) < 4.78 is 0. The lowest BCUT2D eigenvalue weighted by molar-refractivity contribution is 0.0713. The third-order valence-corrected chi connectivity index (χ3v) is 3.44. The van der Waals surface area contributed by atoms with Crippen LogP contribution < -0.4 is 0 Å². The molecule has 0 spiro atoms. The molecule has 1 amide bonds. The first-order valence-electron chi connectivity index (χ1n) is 8.14. The number of carbonyl (C=O) groups excluding carboxylic acids is 1. The van der Waals surface area contributed by atoms with Crippen molar-refractivity contribution in [2.45, 2.75) is 47.6 Å². The Hall–Kier alpha value is -1.42. The van der Waals surface area contributed by atoms with Crippen LogP contribution in [0.1, 0.15) is 63.6 Å². The Balaban J connectivity index is 3.00. The van der Waals surface area contributed by atoms with Crippen LogP contribution in [0.25, 0.3) is 0 Å². The quantitative estimate of drug-likeness (QED) is 0.838. The molecule has 0 bridgehead atoms. The Morgan fingerprint density at radius 3 is 2.09 bits per heavy atom. The lowest BCUT2D eigenvalue weighted by Gasteiger charge is -2.26. The molecule has 1 N–H and O–H groups in total. The third kappa shape index (κ3) is 5.41. The fraction of sp³-hybridized carbons (Fsp3) is 0.667. The van der Waals surface area contributed by atoms with E-state index < -0.39 is 6.10 Å². The molecular weight excluding hydrogens is 276 g/mol.